The van der Waals surface area contributed by atoms with Gasteiger partial charge in [-0.05, 0) is 11.6 Å². The van der Waals surface area contributed by atoms with Crippen LogP contribution in [0.15, 0.2) is 31.4 Å². The maximum atomic E-state index is 5.68. The largest absolute Gasteiger partial charge is 0.399 e. The predicted molar refractivity (Wildman–Crippen MR) is 59.3 cm³/mol. The van der Waals surface area contributed by atoms with Gasteiger partial charge in [-0.2, -0.15) is 0 Å². The third-order valence-corrected chi connectivity index (χ3v) is 1.91. The van der Waals surface area contributed by atoms with E-state index in [2.05, 4.69) is 18.5 Å². The summed E-state index contributed by atoms with van der Waals surface area (Å²) < 4.78 is 0. The lowest BCUT2D eigenvalue weighted by Crippen LogP contribution is -2.02. The SMILES string of the molecule is C=Cc1cccc(NC)c1C(=C)N. The summed E-state index contributed by atoms with van der Waals surface area (Å²) >= 11 is 0. The maximum absolute atomic E-state index is 5.68. The molecule has 1 rings (SSSR count). The highest BCUT2D eigenvalue weighted by molar-refractivity contribution is 5.80. The van der Waals surface area contributed by atoms with Gasteiger partial charge >= 0.3 is 0 Å². The van der Waals surface area contributed by atoms with Gasteiger partial charge in [0.1, 0.15) is 0 Å². The standard InChI is InChI=1S/C11H14N2/c1-4-9-6-5-7-10(13-3)11(9)8(2)12/h4-7,13H,1-2,12H2,3H3. The topological polar surface area (TPSA) is 38.0 Å². The first kappa shape index (κ1) is 9.39. The molecule has 0 radical (unpaired) electrons. The minimum absolute atomic E-state index is 0.555. The van der Waals surface area contributed by atoms with E-state index in [1.807, 2.05) is 25.2 Å². The van der Waals surface area contributed by atoms with Crippen molar-refractivity contribution in [2.45, 2.75) is 0 Å². The maximum Gasteiger partial charge on any atom is 0.0437 e. The number of rotatable bonds is 3. The number of hydrogen-bond acceptors (Lipinski definition) is 2. The van der Waals surface area contributed by atoms with E-state index in [4.69, 9.17) is 5.73 Å². The molecule has 0 saturated carbocycles. The first-order valence-corrected chi connectivity index (χ1v) is 4.08. The van der Waals surface area contributed by atoms with E-state index >= 15 is 0 Å². The van der Waals surface area contributed by atoms with Crippen LogP contribution in [0.2, 0.25) is 0 Å². The molecule has 0 aromatic heterocycles. The van der Waals surface area contributed by atoms with E-state index in [-0.39, 0.29) is 0 Å². The fraction of sp³-hybridized carbons (Fsp3) is 0.0909. The normalized spacial score (nSPS) is 9.31. The summed E-state index contributed by atoms with van der Waals surface area (Å²) in [5.41, 5.74) is 9.15. The van der Waals surface area contributed by atoms with Crippen LogP contribution >= 0.6 is 0 Å². The molecule has 0 heterocycles. The molecule has 0 atom stereocenters. The molecule has 1 aromatic carbocycles. The van der Waals surface area contributed by atoms with Crippen molar-refractivity contribution in [2.24, 2.45) is 5.73 Å². The van der Waals surface area contributed by atoms with E-state index in [0.29, 0.717) is 5.70 Å². The molecule has 0 aliphatic heterocycles. The van der Waals surface area contributed by atoms with Crippen molar-refractivity contribution < 1.29 is 0 Å². The first-order chi connectivity index (χ1) is 6.20. The molecule has 0 aliphatic rings. The molecule has 68 valence electrons. The van der Waals surface area contributed by atoms with Gasteiger partial charge in [0, 0.05) is 24.0 Å². The van der Waals surface area contributed by atoms with Crippen molar-refractivity contribution in [3.63, 3.8) is 0 Å². The first-order valence-electron chi connectivity index (χ1n) is 4.08. The van der Waals surface area contributed by atoms with Gasteiger partial charge in [0.2, 0.25) is 0 Å². The van der Waals surface area contributed by atoms with Gasteiger partial charge < -0.3 is 11.1 Å². The van der Waals surface area contributed by atoms with Crippen molar-refractivity contribution in [2.75, 3.05) is 12.4 Å². The highest BCUT2D eigenvalue weighted by Gasteiger charge is 2.05. The minimum atomic E-state index is 0.555. The molecule has 1 aromatic rings. The molecule has 0 aliphatic carbocycles. The third kappa shape index (κ3) is 1.72. The lowest BCUT2D eigenvalue weighted by Gasteiger charge is -2.11. The Balaban J connectivity index is 3.38. The highest BCUT2D eigenvalue weighted by atomic mass is 14.8. The van der Waals surface area contributed by atoms with Crippen molar-refractivity contribution in [1.82, 2.24) is 0 Å². The second kappa shape index (κ2) is 3.81. The van der Waals surface area contributed by atoms with Crippen LogP contribution in [0, 0.1) is 0 Å². The third-order valence-electron chi connectivity index (χ3n) is 1.91. The number of benzene rings is 1. The van der Waals surface area contributed by atoms with Crippen LogP contribution in [0.1, 0.15) is 11.1 Å². The second-order valence-electron chi connectivity index (χ2n) is 2.75. The average Bonchev–Trinajstić information content (AvgIpc) is 2.16. The van der Waals surface area contributed by atoms with Gasteiger partial charge in [-0.3, -0.25) is 0 Å². The van der Waals surface area contributed by atoms with E-state index in [1.54, 1.807) is 6.08 Å². The van der Waals surface area contributed by atoms with Gasteiger partial charge in [-0.15, -0.1) is 0 Å². The quantitative estimate of drug-likeness (QED) is 0.738. The lowest BCUT2D eigenvalue weighted by molar-refractivity contribution is 1.44. The monoisotopic (exact) mass is 174 g/mol. The van der Waals surface area contributed by atoms with Crippen LogP contribution in [0.5, 0.6) is 0 Å². The zero-order chi connectivity index (χ0) is 9.84. The average molecular weight is 174 g/mol. The van der Waals surface area contributed by atoms with Gasteiger partial charge in [-0.1, -0.05) is 31.4 Å². The Morgan fingerprint density at radius 1 is 1.54 bits per heavy atom. The van der Waals surface area contributed by atoms with Gasteiger partial charge in [-0.25, -0.2) is 0 Å². The molecule has 2 heteroatoms. The molecule has 0 fully saturated rings. The number of nitrogens with one attached hydrogen (secondary N) is 1. The van der Waals surface area contributed by atoms with Gasteiger partial charge in [0.15, 0.2) is 0 Å². The summed E-state index contributed by atoms with van der Waals surface area (Å²) in [4.78, 5) is 0. The van der Waals surface area contributed by atoms with E-state index in [9.17, 15) is 0 Å². The van der Waals surface area contributed by atoms with E-state index in [1.165, 1.54) is 0 Å². The van der Waals surface area contributed by atoms with Crippen LogP contribution < -0.4 is 11.1 Å². The summed E-state index contributed by atoms with van der Waals surface area (Å²) in [5.74, 6) is 0. The fourth-order valence-electron chi connectivity index (χ4n) is 1.31. The van der Waals surface area contributed by atoms with Crippen molar-refractivity contribution in [3.05, 3.63) is 42.5 Å². The molecule has 3 N–H and O–H groups in total. The van der Waals surface area contributed by atoms with Crippen molar-refractivity contribution in [3.8, 4) is 0 Å². The minimum Gasteiger partial charge on any atom is -0.399 e. The molecule has 13 heavy (non-hydrogen) atoms. The fourth-order valence-corrected chi connectivity index (χ4v) is 1.31. The Morgan fingerprint density at radius 3 is 2.69 bits per heavy atom. The second-order valence-corrected chi connectivity index (χ2v) is 2.75. The van der Waals surface area contributed by atoms with Crippen molar-refractivity contribution in [1.29, 1.82) is 0 Å². The summed E-state index contributed by atoms with van der Waals surface area (Å²) in [7, 11) is 1.86. The summed E-state index contributed by atoms with van der Waals surface area (Å²) in [6, 6.07) is 5.87. The summed E-state index contributed by atoms with van der Waals surface area (Å²) in [6.07, 6.45) is 1.77. The molecule has 0 bridgehead atoms. The highest BCUT2D eigenvalue weighted by Crippen LogP contribution is 2.24. The van der Waals surface area contributed by atoms with Crippen LogP contribution in [-0.4, -0.2) is 7.05 Å². The molecule has 0 spiro atoms. The Labute approximate surface area is 78.8 Å². The van der Waals surface area contributed by atoms with Gasteiger partial charge in [0.05, 0.1) is 0 Å². The zero-order valence-electron chi connectivity index (χ0n) is 7.80. The van der Waals surface area contributed by atoms with E-state index in [0.717, 1.165) is 16.8 Å². The molecular formula is C11H14N2. The molecule has 2 nitrogen and oxygen atoms in total. The summed E-state index contributed by atoms with van der Waals surface area (Å²) in [6.45, 7) is 7.46. The summed E-state index contributed by atoms with van der Waals surface area (Å²) in [5, 5.41) is 3.06. The number of nitrogens with two attached hydrogens (primary N) is 1. The molecular weight excluding hydrogens is 160 g/mol. The molecule has 0 amide bonds. The zero-order valence-corrected chi connectivity index (χ0v) is 7.80. The Morgan fingerprint density at radius 2 is 2.23 bits per heavy atom. The molecule has 0 saturated heterocycles. The Hall–Kier alpha value is -1.70. The van der Waals surface area contributed by atoms with Crippen LogP contribution in [0.3, 0.4) is 0 Å². The Bertz CT molecular complexity index is 340. The molecule has 0 unspecified atom stereocenters. The van der Waals surface area contributed by atoms with Crippen molar-refractivity contribution >= 4 is 17.5 Å². The van der Waals surface area contributed by atoms with Gasteiger partial charge in [0.25, 0.3) is 0 Å². The Kier molecular flexibility index (Phi) is 2.75. The van der Waals surface area contributed by atoms with E-state index < -0.39 is 0 Å². The lowest BCUT2D eigenvalue weighted by atomic mass is 10.0. The van der Waals surface area contributed by atoms with Crippen LogP contribution in [0.25, 0.3) is 11.8 Å². The van der Waals surface area contributed by atoms with Crippen LogP contribution in [-0.2, 0) is 0 Å². The predicted octanol–water partition coefficient (Wildman–Crippen LogP) is 2.30. The van der Waals surface area contributed by atoms with Crippen LogP contribution in [0.4, 0.5) is 5.69 Å². The number of anilines is 1. The smallest absolute Gasteiger partial charge is 0.0437 e. The number of hydrogen-bond donors (Lipinski definition) is 2.